The Kier molecular flexibility index (Phi) is 5.55. The molecule has 1 rings (SSSR count). The van der Waals surface area contributed by atoms with Crippen LogP contribution in [0.25, 0.3) is 0 Å². The third-order valence-electron chi connectivity index (χ3n) is 1.94. The molecule has 0 bridgehead atoms. The SMILES string of the molecule is C[C@H](CO)NC(=O)COc1ccc(Cl)c(Cl)c1. The van der Waals surface area contributed by atoms with E-state index in [1.54, 1.807) is 19.1 Å². The van der Waals surface area contributed by atoms with Crippen molar-refractivity contribution in [3.8, 4) is 5.75 Å². The first-order valence-corrected chi connectivity index (χ1v) is 5.76. The van der Waals surface area contributed by atoms with Gasteiger partial charge in [-0.05, 0) is 19.1 Å². The highest BCUT2D eigenvalue weighted by molar-refractivity contribution is 6.42. The first-order chi connectivity index (χ1) is 8.02. The van der Waals surface area contributed by atoms with E-state index in [-0.39, 0.29) is 25.2 Å². The maximum atomic E-state index is 11.3. The largest absolute Gasteiger partial charge is 0.484 e. The summed E-state index contributed by atoms with van der Waals surface area (Å²) in [5.41, 5.74) is 0. The van der Waals surface area contributed by atoms with Gasteiger partial charge in [0, 0.05) is 12.1 Å². The number of halogens is 2. The Morgan fingerprint density at radius 3 is 2.76 bits per heavy atom. The zero-order valence-corrected chi connectivity index (χ0v) is 10.8. The number of carbonyl (C=O) groups is 1. The van der Waals surface area contributed by atoms with Crippen LogP contribution < -0.4 is 10.1 Å². The Morgan fingerprint density at radius 2 is 2.18 bits per heavy atom. The predicted molar refractivity (Wildman–Crippen MR) is 66.6 cm³/mol. The topological polar surface area (TPSA) is 58.6 Å². The van der Waals surface area contributed by atoms with E-state index in [0.717, 1.165) is 0 Å². The van der Waals surface area contributed by atoms with Gasteiger partial charge in [0.2, 0.25) is 0 Å². The van der Waals surface area contributed by atoms with Gasteiger partial charge < -0.3 is 15.2 Å². The van der Waals surface area contributed by atoms with Crippen molar-refractivity contribution in [2.24, 2.45) is 0 Å². The van der Waals surface area contributed by atoms with E-state index >= 15 is 0 Å². The number of amides is 1. The van der Waals surface area contributed by atoms with Gasteiger partial charge in [0.15, 0.2) is 6.61 Å². The van der Waals surface area contributed by atoms with E-state index in [1.807, 2.05) is 0 Å². The second kappa shape index (κ2) is 6.69. The van der Waals surface area contributed by atoms with Crippen LogP contribution in [0.5, 0.6) is 5.75 Å². The third kappa shape index (κ3) is 4.81. The molecule has 0 saturated heterocycles. The fourth-order valence-corrected chi connectivity index (χ4v) is 1.37. The van der Waals surface area contributed by atoms with E-state index < -0.39 is 0 Å². The lowest BCUT2D eigenvalue weighted by Gasteiger charge is -2.11. The molecule has 0 aliphatic carbocycles. The summed E-state index contributed by atoms with van der Waals surface area (Å²) < 4.78 is 5.21. The van der Waals surface area contributed by atoms with E-state index in [1.165, 1.54) is 6.07 Å². The first-order valence-electron chi connectivity index (χ1n) is 5.01. The van der Waals surface area contributed by atoms with E-state index in [9.17, 15) is 4.79 Å². The predicted octanol–water partition coefficient (Wildman–Crippen LogP) is 1.87. The van der Waals surface area contributed by atoms with E-state index in [4.69, 9.17) is 33.0 Å². The van der Waals surface area contributed by atoms with Crippen LogP contribution in [-0.4, -0.2) is 30.3 Å². The van der Waals surface area contributed by atoms with Crippen molar-refractivity contribution in [3.63, 3.8) is 0 Å². The van der Waals surface area contributed by atoms with Crippen molar-refractivity contribution >= 4 is 29.1 Å². The number of aliphatic hydroxyl groups is 1. The molecule has 4 nitrogen and oxygen atoms in total. The Bertz CT molecular complexity index is 398. The summed E-state index contributed by atoms with van der Waals surface area (Å²) in [6.45, 7) is 1.44. The molecule has 0 fully saturated rings. The fraction of sp³-hybridized carbons (Fsp3) is 0.364. The van der Waals surface area contributed by atoms with Gasteiger partial charge in [-0.3, -0.25) is 4.79 Å². The second-order valence-corrected chi connectivity index (χ2v) is 4.33. The summed E-state index contributed by atoms with van der Waals surface area (Å²) in [5.74, 6) is 0.156. The van der Waals surface area contributed by atoms with Gasteiger partial charge in [-0.2, -0.15) is 0 Å². The van der Waals surface area contributed by atoms with Gasteiger partial charge in [-0.1, -0.05) is 23.2 Å². The zero-order valence-electron chi connectivity index (χ0n) is 9.24. The Hall–Kier alpha value is -0.970. The maximum absolute atomic E-state index is 11.3. The number of ether oxygens (including phenoxy) is 1. The summed E-state index contributed by atoms with van der Waals surface area (Å²) >= 11 is 11.5. The Balaban J connectivity index is 2.45. The van der Waals surface area contributed by atoms with Crippen molar-refractivity contribution in [2.45, 2.75) is 13.0 Å². The molecule has 17 heavy (non-hydrogen) atoms. The molecule has 94 valence electrons. The minimum absolute atomic E-state index is 0.113. The average Bonchev–Trinajstić information content (AvgIpc) is 2.30. The quantitative estimate of drug-likeness (QED) is 0.864. The van der Waals surface area contributed by atoms with Crippen LogP contribution in [0.15, 0.2) is 18.2 Å². The molecule has 0 aliphatic heterocycles. The van der Waals surface area contributed by atoms with Crippen LogP contribution in [0.4, 0.5) is 0 Å². The van der Waals surface area contributed by atoms with Crippen molar-refractivity contribution in [1.82, 2.24) is 5.32 Å². The standard InChI is InChI=1S/C11H13Cl2NO3/c1-7(5-15)14-11(16)6-17-8-2-3-9(12)10(13)4-8/h2-4,7,15H,5-6H2,1H3,(H,14,16)/t7-/m1/s1. The summed E-state index contributed by atoms with van der Waals surface area (Å²) in [7, 11) is 0. The van der Waals surface area contributed by atoms with Crippen molar-refractivity contribution in [1.29, 1.82) is 0 Å². The molecule has 0 aliphatic rings. The van der Waals surface area contributed by atoms with Crippen LogP contribution in [0.2, 0.25) is 10.0 Å². The zero-order chi connectivity index (χ0) is 12.8. The van der Waals surface area contributed by atoms with Crippen LogP contribution >= 0.6 is 23.2 Å². The number of rotatable bonds is 5. The van der Waals surface area contributed by atoms with Crippen LogP contribution in [0.1, 0.15) is 6.92 Å². The van der Waals surface area contributed by atoms with E-state index in [2.05, 4.69) is 5.32 Å². The Morgan fingerprint density at radius 1 is 1.47 bits per heavy atom. The van der Waals surface area contributed by atoms with Crippen molar-refractivity contribution in [2.75, 3.05) is 13.2 Å². The fourth-order valence-electron chi connectivity index (χ4n) is 1.08. The molecule has 0 aromatic heterocycles. The molecule has 0 heterocycles. The van der Waals surface area contributed by atoms with Gasteiger partial charge in [-0.15, -0.1) is 0 Å². The lowest BCUT2D eigenvalue weighted by molar-refractivity contribution is -0.123. The molecular formula is C11H13Cl2NO3. The van der Waals surface area contributed by atoms with Gasteiger partial charge in [-0.25, -0.2) is 0 Å². The number of hydrogen-bond donors (Lipinski definition) is 2. The van der Waals surface area contributed by atoms with Crippen LogP contribution in [0.3, 0.4) is 0 Å². The average molecular weight is 278 g/mol. The summed E-state index contributed by atoms with van der Waals surface area (Å²) in [5, 5.41) is 12.1. The first kappa shape index (κ1) is 14.1. The summed E-state index contributed by atoms with van der Waals surface area (Å²) in [6, 6.07) is 4.46. The highest BCUT2D eigenvalue weighted by Crippen LogP contribution is 2.26. The van der Waals surface area contributed by atoms with Crippen molar-refractivity contribution in [3.05, 3.63) is 28.2 Å². The third-order valence-corrected chi connectivity index (χ3v) is 2.68. The van der Waals surface area contributed by atoms with Gasteiger partial charge in [0.1, 0.15) is 5.75 Å². The van der Waals surface area contributed by atoms with Crippen LogP contribution in [0, 0.1) is 0 Å². The molecule has 2 N–H and O–H groups in total. The van der Waals surface area contributed by atoms with Gasteiger partial charge in [0.25, 0.3) is 5.91 Å². The molecular weight excluding hydrogens is 265 g/mol. The monoisotopic (exact) mass is 277 g/mol. The number of nitrogens with one attached hydrogen (secondary N) is 1. The molecule has 0 radical (unpaired) electrons. The van der Waals surface area contributed by atoms with Crippen LogP contribution in [-0.2, 0) is 4.79 Å². The minimum atomic E-state index is -0.308. The number of carbonyl (C=O) groups excluding carboxylic acids is 1. The summed E-state index contributed by atoms with van der Waals surface area (Å²) in [6.07, 6.45) is 0. The number of hydrogen-bond acceptors (Lipinski definition) is 3. The van der Waals surface area contributed by atoms with Crippen molar-refractivity contribution < 1.29 is 14.6 Å². The van der Waals surface area contributed by atoms with Gasteiger partial charge in [0.05, 0.1) is 16.7 Å². The molecule has 1 atom stereocenters. The minimum Gasteiger partial charge on any atom is -0.484 e. The normalized spacial score (nSPS) is 12.0. The highest BCUT2D eigenvalue weighted by atomic mass is 35.5. The second-order valence-electron chi connectivity index (χ2n) is 3.52. The molecule has 6 heteroatoms. The highest BCUT2D eigenvalue weighted by Gasteiger charge is 2.07. The number of benzene rings is 1. The number of aliphatic hydroxyl groups excluding tert-OH is 1. The maximum Gasteiger partial charge on any atom is 0.258 e. The molecule has 1 aromatic carbocycles. The van der Waals surface area contributed by atoms with E-state index in [0.29, 0.717) is 15.8 Å². The smallest absolute Gasteiger partial charge is 0.258 e. The molecule has 0 saturated carbocycles. The molecule has 1 amide bonds. The summed E-state index contributed by atoms with van der Waals surface area (Å²) in [4.78, 5) is 11.3. The van der Waals surface area contributed by atoms with Gasteiger partial charge >= 0.3 is 0 Å². The lowest BCUT2D eigenvalue weighted by Crippen LogP contribution is -2.38. The molecule has 0 unspecified atom stereocenters. The molecule has 1 aromatic rings. The Labute approximate surface area is 109 Å². The lowest BCUT2D eigenvalue weighted by atomic mass is 10.3. The molecule has 0 spiro atoms.